The first-order valence-electron chi connectivity index (χ1n) is 13.6. The summed E-state index contributed by atoms with van der Waals surface area (Å²) in [7, 11) is 7.51. The summed E-state index contributed by atoms with van der Waals surface area (Å²) >= 11 is 2.27. The van der Waals surface area contributed by atoms with Crippen molar-refractivity contribution in [2.45, 2.75) is 45.5 Å². The molecule has 0 spiro atoms. The van der Waals surface area contributed by atoms with Crippen molar-refractivity contribution in [3.05, 3.63) is 80.5 Å². The van der Waals surface area contributed by atoms with Crippen LogP contribution in [0.3, 0.4) is 0 Å². The van der Waals surface area contributed by atoms with Crippen molar-refractivity contribution in [2.75, 3.05) is 38.0 Å². The second kappa shape index (κ2) is 10.4. The molecule has 0 atom stereocenters. The molecule has 0 aliphatic heterocycles. The molecule has 4 aromatic rings. The Morgan fingerprint density at radius 1 is 0.512 bits per heavy atom. The molecule has 1 aliphatic rings. The first kappa shape index (κ1) is 31.2. The van der Waals surface area contributed by atoms with Crippen LogP contribution in [-0.4, -0.2) is 46.0 Å². The third-order valence-corrected chi connectivity index (χ3v) is 10.6. The van der Waals surface area contributed by atoms with Gasteiger partial charge in [-0.15, -0.1) is 22.7 Å². The molecule has 2 nitrogen and oxygen atoms in total. The number of hydrogen-bond acceptors (Lipinski definition) is 4. The van der Waals surface area contributed by atoms with E-state index in [1.54, 1.807) is 0 Å². The lowest BCUT2D eigenvalue weighted by atomic mass is 9.90. The number of thiophene rings is 2. The molecule has 0 saturated heterocycles. The van der Waals surface area contributed by atoms with Crippen LogP contribution in [0.5, 0.6) is 0 Å². The predicted molar refractivity (Wildman–Crippen MR) is 169 cm³/mol. The molecule has 0 radical (unpaired) electrons. The molecule has 0 bridgehead atoms. The van der Waals surface area contributed by atoms with E-state index in [2.05, 4.69) is 0 Å². The largest absolute Gasteiger partial charge is 0.380 e. The van der Waals surface area contributed by atoms with Crippen LogP contribution >= 0.6 is 22.7 Å². The molecule has 0 fully saturated rings. The van der Waals surface area contributed by atoms with Crippen molar-refractivity contribution < 1.29 is 26.3 Å². The maximum atomic E-state index is 15.8. The highest BCUT2D eigenvalue weighted by Gasteiger charge is 2.80. The highest BCUT2D eigenvalue weighted by Crippen LogP contribution is 2.67. The molecular weight excluding hydrogens is 602 g/mol. The van der Waals surface area contributed by atoms with Gasteiger partial charge in [-0.05, 0) is 74.2 Å². The number of anilines is 2. The summed E-state index contributed by atoms with van der Waals surface area (Å²) < 4.78 is 93.9. The highest BCUT2D eigenvalue weighted by molar-refractivity contribution is 7.16. The molecule has 5 rings (SSSR count). The van der Waals surface area contributed by atoms with Gasteiger partial charge in [0.05, 0.1) is 0 Å². The van der Waals surface area contributed by atoms with Crippen LogP contribution in [0.15, 0.2) is 48.5 Å². The van der Waals surface area contributed by atoms with Crippen molar-refractivity contribution in [1.29, 1.82) is 0 Å². The van der Waals surface area contributed by atoms with Crippen LogP contribution in [0.2, 0.25) is 0 Å². The Morgan fingerprint density at radius 2 is 0.814 bits per heavy atom. The van der Waals surface area contributed by atoms with E-state index in [1.165, 1.54) is 27.7 Å². The third-order valence-electron chi connectivity index (χ3n) is 8.10. The Morgan fingerprint density at radius 3 is 1.09 bits per heavy atom. The van der Waals surface area contributed by atoms with E-state index in [-0.39, 0.29) is 32.0 Å². The van der Waals surface area contributed by atoms with E-state index < -0.39 is 28.9 Å². The fraction of sp³-hybridized carbons (Fsp3) is 0.333. The van der Waals surface area contributed by atoms with Crippen LogP contribution in [0, 0.1) is 27.7 Å². The van der Waals surface area contributed by atoms with Crippen molar-refractivity contribution >= 4 is 45.2 Å². The number of alkyl halides is 6. The normalized spacial score (nSPS) is 17.1. The minimum Gasteiger partial charge on any atom is -0.378 e. The molecule has 2 aromatic carbocycles. The van der Waals surface area contributed by atoms with Crippen molar-refractivity contribution in [3.63, 3.8) is 0 Å². The van der Waals surface area contributed by atoms with Crippen LogP contribution < -0.4 is 9.80 Å². The number of benzene rings is 2. The molecule has 228 valence electrons. The fourth-order valence-corrected chi connectivity index (χ4v) is 8.15. The molecule has 43 heavy (non-hydrogen) atoms. The number of rotatable bonds is 6. The highest BCUT2D eigenvalue weighted by atomic mass is 32.1. The molecule has 0 N–H and O–H groups in total. The summed E-state index contributed by atoms with van der Waals surface area (Å²) in [5.41, 5.74) is 0.690. The zero-order valence-corrected chi connectivity index (χ0v) is 26.7. The Balaban J connectivity index is 1.77. The molecular formula is C33H32F6N2S2. The maximum Gasteiger partial charge on any atom is 0.380 e. The molecule has 2 aromatic heterocycles. The van der Waals surface area contributed by atoms with Gasteiger partial charge in [-0.25, -0.2) is 0 Å². The van der Waals surface area contributed by atoms with E-state index in [4.69, 9.17) is 0 Å². The van der Waals surface area contributed by atoms with Gasteiger partial charge < -0.3 is 9.80 Å². The van der Waals surface area contributed by atoms with Gasteiger partial charge >= 0.3 is 17.8 Å². The van der Waals surface area contributed by atoms with Gasteiger partial charge in [-0.1, -0.05) is 24.3 Å². The molecule has 0 unspecified atom stereocenters. The Hall–Kier alpha value is -3.24. The zero-order valence-electron chi connectivity index (χ0n) is 25.1. The first-order valence-corrected chi connectivity index (χ1v) is 15.2. The minimum atomic E-state index is -5.62. The van der Waals surface area contributed by atoms with Gasteiger partial charge in [-0.2, -0.15) is 26.3 Å². The van der Waals surface area contributed by atoms with E-state index in [9.17, 15) is 0 Å². The number of hydrogen-bond donors (Lipinski definition) is 0. The Labute approximate surface area is 255 Å². The first-order chi connectivity index (χ1) is 19.9. The number of aryl methyl sites for hydroxylation is 2. The molecule has 0 amide bonds. The van der Waals surface area contributed by atoms with Crippen molar-refractivity contribution in [1.82, 2.24) is 0 Å². The van der Waals surface area contributed by atoms with Gasteiger partial charge in [0.1, 0.15) is 0 Å². The summed E-state index contributed by atoms with van der Waals surface area (Å²) in [4.78, 5) is 5.49. The maximum absolute atomic E-state index is 15.8. The average Bonchev–Trinajstić information content (AvgIpc) is 3.43. The van der Waals surface area contributed by atoms with Gasteiger partial charge in [0, 0.05) is 81.3 Å². The minimum absolute atomic E-state index is 0.240. The number of halogens is 6. The monoisotopic (exact) mass is 634 g/mol. The summed E-state index contributed by atoms with van der Waals surface area (Å²) in [6, 6.07) is 14.6. The molecule has 2 heterocycles. The topological polar surface area (TPSA) is 6.48 Å². The van der Waals surface area contributed by atoms with Gasteiger partial charge in [0.15, 0.2) is 0 Å². The average molecular weight is 635 g/mol. The second-order valence-electron chi connectivity index (χ2n) is 11.3. The number of allylic oxidation sites excluding steroid dienone is 2. The van der Waals surface area contributed by atoms with E-state index in [1.807, 2.05) is 86.5 Å². The van der Waals surface area contributed by atoms with Gasteiger partial charge in [0.25, 0.3) is 0 Å². The lowest BCUT2D eigenvalue weighted by molar-refractivity contribution is -0.254. The third kappa shape index (κ3) is 4.60. The van der Waals surface area contributed by atoms with Gasteiger partial charge in [0.2, 0.25) is 0 Å². The molecule has 0 saturated carbocycles. The van der Waals surface area contributed by atoms with E-state index >= 15 is 26.3 Å². The van der Waals surface area contributed by atoms with E-state index in [0.717, 1.165) is 34.0 Å². The van der Waals surface area contributed by atoms with Crippen LogP contribution in [0.25, 0.3) is 32.0 Å². The SMILES string of the molecule is Cc1sc(-c2ccc(N(C)C)cc2)c(C)c1C1=C(c2c(C)sc(-c3ccc(N(C)C)cc3)c2C)C(F)(F)C(F)(F)C1(F)F. The van der Waals surface area contributed by atoms with Crippen molar-refractivity contribution in [2.24, 2.45) is 0 Å². The Kier molecular flexibility index (Phi) is 7.57. The molecule has 1 aliphatic carbocycles. The summed E-state index contributed by atoms with van der Waals surface area (Å²) in [5.74, 6) is -15.8. The molecule has 10 heteroatoms. The summed E-state index contributed by atoms with van der Waals surface area (Å²) in [6.07, 6.45) is 0. The quantitative estimate of drug-likeness (QED) is 0.195. The Bertz CT molecular complexity index is 1600. The second-order valence-corrected chi connectivity index (χ2v) is 13.8. The lowest BCUT2D eigenvalue weighted by Crippen LogP contribution is -2.49. The van der Waals surface area contributed by atoms with Gasteiger partial charge in [-0.3, -0.25) is 0 Å². The van der Waals surface area contributed by atoms with Crippen LogP contribution in [0.1, 0.15) is 32.0 Å². The van der Waals surface area contributed by atoms with Crippen LogP contribution in [-0.2, 0) is 0 Å². The fourth-order valence-electron chi connectivity index (χ4n) is 5.81. The smallest absolute Gasteiger partial charge is 0.378 e. The zero-order chi connectivity index (χ0) is 31.8. The summed E-state index contributed by atoms with van der Waals surface area (Å²) in [6.45, 7) is 6.11. The van der Waals surface area contributed by atoms with E-state index in [0.29, 0.717) is 20.9 Å². The predicted octanol–water partition coefficient (Wildman–Crippen LogP) is 10.3. The summed E-state index contributed by atoms with van der Waals surface area (Å²) in [5, 5.41) is 0. The number of nitrogens with zero attached hydrogens (tertiary/aromatic N) is 2. The van der Waals surface area contributed by atoms with Crippen molar-refractivity contribution in [3.8, 4) is 20.9 Å². The standard InChI is InChI=1S/C33H32F6N2S2/c1-17-25(19(3)42-29(17)21-9-13-23(14-10-21)40(5)6)27-28(32(36,37)33(38,39)31(27,34)35)26-18(2)30(43-20(26)4)22-11-15-24(16-12-22)41(7)8/h9-16H,1-8H3. The lowest BCUT2D eigenvalue weighted by Gasteiger charge is -2.26. The van der Waals surface area contributed by atoms with Crippen LogP contribution in [0.4, 0.5) is 37.7 Å².